The van der Waals surface area contributed by atoms with Gasteiger partial charge in [-0.1, -0.05) is 13.8 Å². The van der Waals surface area contributed by atoms with Crippen LogP contribution in [0.2, 0.25) is 0 Å². The third-order valence-corrected chi connectivity index (χ3v) is 2.93. The topological polar surface area (TPSA) is 55.0 Å². The molecule has 0 aliphatic heterocycles. The van der Waals surface area contributed by atoms with Gasteiger partial charge in [-0.05, 0) is 25.2 Å². The van der Waals surface area contributed by atoms with Crippen molar-refractivity contribution in [3.63, 3.8) is 0 Å². The second-order valence-electron chi connectivity index (χ2n) is 4.91. The molecule has 2 rings (SSSR count). The Kier molecular flexibility index (Phi) is 3.27. The van der Waals surface area contributed by atoms with Crippen molar-refractivity contribution in [3.8, 4) is 0 Å². The van der Waals surface area contributed by atoms with Gasteiger partial charge in [-0.25, -0.2) is 9.97 Å². The van der Waals surface area contributed by atoms with E-state index in [2.05, 4.69) is 28.7 Å². The molecule has 0 aromatic carbocycles. The highest BCUT2D eigenvalue weighted by Gasteiger charge is 2.30. The number of nitrogen functional groups attached to an aromatic ring is 1. The summed E-state index contributed by atoms with van der Waals surface area (Å²) in [6, 6.07) is 0.649. The van der Waals surface area contributed by atoms with Gasteiger partial charge in [0.15, 0.2) is 5.82 Å². The maximum absolute atomic E-state index is 5.93. The monoisotopic (exact) mass is 220 g/mol. The van der Waals surface area contributed by atoms with Crippen molar-refractivity contribution < 1.29 is 0 Å². The Morgan fingerprint density at radius 3 is 2.81 bits per heavy atom. The van der Waals surface area contributed by atoms with Crippen LogP contribution in [0.3, 0.4) is 0 Å². The molecule has 0 spiro atoms. The van der Waals surface area contributed by atoms with Crippen molar-refractivity contribution in [2.45, 2.75) is 39.2 Å². The molecule has 16 heavy (non-hydrogen) atoms. The summed E-state index contributed by atoms with van der Waals surface area (Å²) in [6.07, 6.45) is 6.98. The van der Waals surface area contributed by atoms with Gasteiger partial charge in [0, 0.05) is 12.6 Å². The molecule has 88 valence electrons. The summed E-state index contributed by atoms with van der Waals surface area (Å²) >= 11 is 0. The second kappa shape index (κ2) is 4.68. The summed E-state index contributed by atoms with van der Waals surface area (Å²) < 4.78 is 0. The smallest absolute Gasteiger partial charge is 0.155 e. The summed E-state index contributed by atoms with van der Waals surface area (Å²) in [5.74, 6) is 1.63. The number of hydrogen-bond acceptors (Lipinski definition) is 4. The third kappa shape index (κ3) is 2.62. The van der Waals surface area contributed by atoms with Gasteiger partial charge in [-0.3, -0.25) is 0 Å². The molecular weight excluding hydrogens is 200 g/mol. The maximum atomic E-state index is 5.93. The highest BCUT2D eigenvalue weighted by molar-refractivity contribution is 5.62. The van der Waals surface area contributed by atoms with Gasteiger partial charge in [0.25, 0.3) is 0 Å². The van der Waals surface area contributed by atoms with Crippen LogP contribution >= 0.6 is 0 Å². The van der Waals surface area contributed by atoms with Crippen LogP contribution in [0.1, 0.15) is 33.1 Å². The normalized spacial score (nSPS) is 15.4. The number of hydrogen-bond donors (Lipinski definition) is 1. The van der Waals surface area contributed by atoms with Crippen molar-refractivity contribution in [1.29, 1.82) is 0 Å². The SMILES string of the molecule is CC(C)CCN(c1ncncc1N)C1CC1. The standard InChI is InChI=1S/C12H20N4/c1-9(2)5-6-16(10-3-4-10)12-11(13)7-14-8-15-12/h7-10H,3-6,13H2,1-2H3. The molecule has 0 atom stereocenters. The molecule has 2 N–H and O–H groups in total. The molecule has 0 radical (unpaired) electrons. The first-order chi connectivity index (χ1) is 7.68. The molecule has 0 amide bonds. The van der Waals surface area contributed by atoms with Crippen molar-refractivity contribution in [2.24, 2.45) is 5.92 Å². The average Bonchev–Trinajstić information content (AvgIpc) is 3.04. The fourth-order valence-electron chi connectivity index (χ4n) is 1.82. The Bertz CT molecular complexity index is 347. The molecule has 0 bridgehead atoms. The molecule has 0 unspecified atom stereocenters. The molecule has 1 fully saturated rings. The van der Waals surface area contributed by atoms with Crippen LogP contribution in [0.4, 0.5) is 11.5 Å². The van der Waals surface area contributed by atoms with E-state index in [1.165, 1.54) is 19.3 Å². The van der Waals surface area contributed by atoms with Crippen LogP contribution in [-0.4, -0.2) is 22.6 Å². The van der Waals surface area contributed by atoms with Crippen molar-refractivity contribution in [1.82, 2.24) is 9.97 Å². The summed E-state index contributed by atoms with van der Waals surface area (Å²) in [7, 11) is 0. The molecule has 1 saturated carbocycles. The van der Waals surface area contributed by atoms with Crippen LogP contribution < -0.4 is 10.6 Å². The molecule has 4 nitrogen and oxygen atoms in total. The fraction of sp³-hybridized carbons (Fsp3) is 0.667. The Hall–Kier alpha value is -1.32. The van der Waals surface area contributed by atoms with Crippen LogP contribution in [0.15, 0.2) is 12.5 Å². The van der Waals surface area contributed by atoms with Crippen LogP contribution in [0.25, 0.3) is 0 Å². The van der Waals surface area contributed by atoms with Crippen LogP contribution in [0, 0.1) is 5.92 Å². The van der Waals surface area contributed by atoms with Crippen LogP contribution in [-0.2, 0) is 0 Å². The van der Waals surface area contributed by atoms with E-state index in [0.29, 0.717) is 17.6 Å². The zero-order valence-electron chi connectivity index (χ0n) is 10.1. The lowest BCUT2D eigenvalue weighted by Gasteiger charge is -2.25. The van der Waals surface area contributed by atoms with Gasteiger partial charge >= 0.3 is 0 Å². The molecule has 1 aliphatic carbocycles. The predicted octanol–water partition coefficient (Wildman–Crippen LogP) is 2.07. The van der Waals surface area contributed by atoms with E-state index in [4.69, 9.17) is 5.73 Å². The summed E-state index contributed by atoms with van der Waals surface area (Å²) in [5, 5.41) is 0. The summed E-state index contributed by atoms with van der Waals surface area (Å²) in [4.78, 5) is 10.6. The average molecular weight is 220 g/mol. The first kappa shape index (κ1) is 11.2. The lowest BCUT2D eigenvalue weighted by Crippen LogP contribution is -2.29. The van der Waals surface area contributed by atoms with E-state index in [1.807, 2.05) is 0 Å². The molecule has 1 heterocycles. The molecule has 1 aliphatic rings. The van der Waals surface area contributed by atoms with Gasteiger partial charge in [0.05, 0.1) is 11.9 Å². The third-order valence-electron chi connectivity index (χ3n) is 2.93. The number of nitrogens with two attached hydrogens (primary N) is 1. The minimum Gasteiger partial charge on any atom is -0.394 e. The molecule has 1 aromatic heterocycles. The van der Waals surface area contributed by atoms with E-state index in [-0.39, 0.29) is 0 Å². The van der Waals surface area contributed by atoms with E-state index in [9.17, 15) is 0 Å². The van der Waals surface area contributed by atoms with Gasteiger partial charge < -0.3 is 10.6 Å². The first-order valence-electron chi connectivity index (χ1n) is 6.00. The Labute approximate surface area is 96.9 Å². The zero-order valence-corrected chi connectivity index (χ0v) is 10.1. The van der Waals surface area contributed by atoms with Gasteiger partial charge in [-0.2, -0.15) is 0 Å². The van der Waals surface area contributed by atoms with Crippen molar-refractivity contribution in [3.05, 3.63) is 12.5 Å². The Balaban J connectivity index is 2.10. The summed E-state index contributed by atoms with van der Waals surface area (Å²) in [5.41, 5.74) is 6.62. The maximum Gasteiger partial charge on any atom is 0.155 e. The number of anilines is 2. The zero-order chi connectivity index (χ0) is 11.5. The van der Waals surface area contributed by atoms with Gasteiger partial charge in [0.1, 0.15) is 6.33 Å². The Morgan fingerprint density at radius 2 is 2.25 bits per heavy atom. The predicted molar refractivity (Wildman–Crippen MR) is 66.3 cm³/mol. The highest BCUT2D eigenvalue weighted by atomic mass is 15.2. The van der Waals surface area contributed by atoms with Crippen LogP contribution in [0.5, 0.6) is 0 Å². The van der Waals surface area contributed by atoms with Crippen molar-refractivity contribution in [2.75, 3.05) is 17.2 Å². The highest BCUT2D eigenvalue weighted by Crippen LogP contribution is 2.33. The van der Waals surface area contributed by atoms with E-state index in [1.54, 1.807) is 12.5 Å². The van der Waals surface area contributed by atoms with Crippen molar-refractivity contribution >= 4 is 11.5 Å². The number of rotatable bonds is 5. The van der Waals surface area contributed by atoms with E-state index >= 15 is 0 Å². The molecule has 1 aromatic rings. The molecular formula is C12H20N4. The largest absolute Gasteiger partial charge is 0.394 e. The lowest BCUT2D eigenvalue weighted by atomic mass is 10.1. The van der Waals surface area contributed by atoms with Gasteiger partial charge in [0.2, 0.25) is 0 Å². The van der Waals surface area contributed by atoms with E-state index in [0.717, 1.165) is 12.4 Å². The quantitative estimate of drug-likeness (QED) is 0.825. The summed E-state index contributed by atoms with van der Waals surface area (Å²) in [6.45, 7) is 5.53. The number of aromatic nitrogens is 2. The van der Waals surface area contributed by atoms with E-state index < -0.39 is 0 Å². The lowest BCUT2D eigenvalue weighted by molar-refractivity contribution is 0.568. The minimum absolute atomic E-state index is 0.649. The second-order valence-corrected chi connectivity index (χ2v) is 4.91. The first-order valence-corrected chi connectivity index (χ1v) is 6.00. The molecule has 0 saturated heterocycles. The Morgan fingerprint density at radius 1 is 1.50 bits per heavy atom. The van der Waals surface area contributed by atoms with Gasteiger partial charge in [-0.15, -0.1) is 0 Å². The fourth-order valence-corrected chi connectivity index (χ4v) is 1.82. The minimum atomic E-state index is 0.649. The number of nitrogens with zero attached hydrogens (tertiary/aromatic N) is 3. The molecule has 4 heteroatoms.